The van der Waals surface area contributed by atoms with Crippen LogP contribution in [-0.2, 0) is 0 Å². The second-order valence-electron chi connectivity index (χ2n) is 3.37. The summed E-state index contributed by atoms with van der Waals surface area (Å²) >= 11 is 0. The standard InChI is InChI=1S/C8H14N4O3.ClH/c1-5(9)3-4-15-8-7(12(13)14)6(2)10-11-8;/h5H,3-4,9H2,1-2H3,(H,10,11);1H. The molecule has 8 heteroatoms. The van der Waals surface area contributed by atoms with E-state index in [1.807, 2.05) is 6.92 Å². The van der Waals surface area contributed by atoms with Crippen molar-refractivity contribution >= 4 is 18.1 Å². The SMILES string of the molecule is Cc1[nH]nc(OCCC(C)N)c1[N+](=O)[O-].Cl. The molecule has 0 fully saturated rings. The zero-order valence-electron chi connectivity index (χ0n) is 9.10. The highest BCUT2D eigenvalue weighted by Gasteiger charge is 2.22. The van der Waals surface area contributed by atoms with Gasteiger partial charge in [0.1, 0.15) is 5.69 Å². The number of nitrogens with two attached hydrogens (primary N) is 1. The number of aryl methyl sites for hydroxylation is 1. The molecule has 1 aromatic heterocycles. The monoisotopic (exact) mass is 250 g/mol. The molecule has 1 unspecified atom stereocenters. The van der Waals surface area contributed by atoms with Crippen molar-refractivity contribution in [3.05, 3.63) is 15.8 Å². The molecule has 0 aliphatic rings. The van der Waals surface area contributed by atoms with Crippen molar-refractivity contribution in [2.75, 3.05) is 6.61 Å². The van der Waals surface area contributed by atoms with Crippen molar-refractivity contribution in [1.82, 2.24) is 10.2 Å². The molecule has 92 valence electrons. The number of ether oxygens (including phenoxy) is 1. The van der Waals surface area contributed by atoms with Gasteiger partial charge >= 0.3 is 11.6 Å². The maximum Gasteiger partial charge on any atom is 0.352 e. The van der Waals surface area contributed by atoms with E-state index in [0.29, 0.717) is 18.7 Å². The first-order valence-corrected chi connectivity index (χ1v) is 4.60. The number of halogens is 1. The molecule has 0 spiro atoms. The predicted molar refractivity (Wildman–Crippen MR) is 61.0 cm³/mol. The van der Waals surface area contributed by atoms with E-state index in [9.17, 15) is 10.1 Å². The summed E-state index contributed by atoms with van der Waals surface area (Å²) < 4.78 is 5.17. The number of aromatic nitrogens is 2. The minimum atomic E-state index is -0.514. The zero-order valence-corrected chi connectivity index (χ0v) is 9.91. The fourth-order valence-corrected chi connectivity index (χ4v) is 1.06. The van der Waals surface area contributed by atoms with E-state index >= 15 is 0 Å². The van der Waals surface area contributed by atoms with Crippen LogP contribution in [0.25, 0.3) is 0 Å². The third-order valence-corrected chi connectivity index (χ3v) is 1.88. The van der Waals surface area contributed by atoms with Gasteiger partial charge in [0.05, 0.1) is 11.5 Å². The average molecular weight is 251 g/mol. The van der Waals surface area contributed by atoms with Gasteiger partial charge in [-0.3, -0.25) is 15.2 Å². The van der Waals surface area contributed by atoms with Gasteiger partial charge < -0.3 is 10.5 Å². The van der Waals surface area contributed by atoms with Crippen molar-refractivity contribution in [1.29, 1.82) is 0 Å². The third kappa shape index (κ3) is 3.67. The minimum Gasteiger partial charge on any atom is -0.472 e. The van der Waals surface area contributed by atoms with Crippen molar-refractivity contribution in [2.45, 2.75) is 26.3 Å². The van der Waals surface area contributed by atoms with Crippen LogP contribution < -0.4 is 10.5 Å². The molecule has 1 aromatic rings. The van der Waals surface area contributed by atoms with Crippen molar-refractivity contribution in [3.63, 3.8) is 0 Å². The molecule has 3 N–H and O–H groups in total. The average Bonchev–Trinajstić information content (AvgIpc) is 2.46. The molecule has 0 aromatic carbocycles. The highest BCUT2D eigenvalue weighted by molar-refractivity contribution is 5.85. The normalized spacial score (nSPS) is 11.7. The van der Waals surface area contributed by atoms with Crippen LogP contribution in [0.4, 0.5) is 5.69 Å². The Morgan fingerprint density at radius 2 is 2.31 bits per heavy atom. The molecule has 7 nitrogen and oxygen atoms in total. The molecule has 0 saturated carbocycles. The predicted octanol–water partition coefficient (Wildman–Crippen LogP) is 1.16. The first-order valence-electron chi connectivity index (χ1n) is 4.60. The summed E-state index contributed by atoms with van der Waals surface area (Å²) in [5.41, 5.74) is 5.79. The molecule has 0 aliphatic heterocycles. The van der Waals surface area contributed by atoms with Gasteiger partial charge in [0.25, 0.3) is 0 Å². The van der Waals surface area contributed by atoms with E-state index in [2.05, 4.69) is 10.2 Å². The Morgan fingerprint density at radius 3 is 2.81 bits per heavy atom. The number of hydrogen-bond acceptors (Lipinski definition) is 5. The van der Waals surface area contributed by atoms with Crippen molar-refractivity contribution < 1.29 is 9.66 Å². The van der Waals surface area contributed by atoms with Gasteiger partial charge in [-0.25, -0.2) is 0 Å². The zero-order chi connectivity index (χ0) is 11.4. The van der Waals surface area contributed by atoms with Crippen molar-refractivity contribution in [2.24, 2.45) is 5.73 Å². The maximum absolute atomic E-state index is 10.6. The van der Waals surface area contributed by atoms with Crippen LogP contribution in [0.15, 0.2) is 0 Å². The second-order valence-corrected chi connectivity index (χ2v) is 3.37. The summed E-state index contributed by atoms with van der Waals surface area (Å²) in [6, 6.07) is 0.00379. The van der Waals surface area contributed by atoms with E-state index in [1.54, 1.807) is 6.92 Å². The topological polar surface area (TPSA) is 107 Å². The lowest BCUT2D eigenvalue weighted by Crippen LogP contribution is -2.18. The number of rotatable bonds is 5. The molecule has 0 bridgehead atoms. The lowest BCUT2D eigenvalue weighted by molar-refractivity contribution is -0.386. The van der Waals surface area contributed by atoms with Gasteiger partial charge in [0, 0.05) is 6.04 Å². The molecule has 0 amide bonds. The largest absolute Gasteiger partial charge is 0.472 e. The summed E-state index contributed by atoms with van der Waals surface area (Å²) in [5.74, 6) is 0.0261. The summed E-state index contributed by atoms with van der Waals surface area (Å²) in [4.78, 5) is 10.1. The lowest BCUT2D eigenvalue weighted by atomic mass is 10.3. The van der Waals surface area contributed by atoms with Crippen molar-refractivity contribution in [3.8, 4) is 5.88 Å². The molecule has 0 radical (unpaired) electrons. The Bertz CT molecular complexity index is 353. The fourth-order valence-electron chi connectivity index (χ4n) is 1.06. The summed E-state index contributed by atoms with van der Waals surface area (Å²) in [7, 11) is 0. The molecule has 16 heavy (non-hydrogen) atoms. The number of nitrogens with one attached hydrogen (secondary N) is 1. The molecule has 0 aliphatic carbocycles. The van der Waals surface area contributed by atoms with Crippen LogP contribution in [-0.4, -0.2) is 27.8 Å². The van der Waals surface area contributed by atoms with Crippen LogP contribution in [0.1, 0.15) is 19.0 Å². The van der Waals surface area contributed by atoms with Gasteiger partial charge in [0.2, 0.25) is 0 Å². The number of H-pyrrole nitrogens is 1. The van der Waals surface area contributed by atoms with E-state index < -0.39 is 4.92 Å². The number of nitro groups is 1. The lowest BCUT2D eigenvalue weighted by Gasteiger charge is -2.04. The first kappa shape index (κ1) is 14.7. The Labute approximate surface area is 98.9 Å². The third-order valence-electron chi connectivity index (χ3n) is 1.88. The Hall–Kier alpha value is -1.34. The molecular formula is C8H15ClN4O3. The Morgan fingerprint density at radius 1 is 1.69 bits per heavy atom. The molecule has 1 rings (SSSR count). The fraction of sp³-hybridized carbons (Fsp3) is 0.625. The Balaban J connectivity index is 0.00000225. The summed E-state index contributed by atoms with van der Waals surface area (Å²) in [6.45, 7) is 3.74. The second kappa shape index (κ2) is 6.29. The summed E-state index contributed by atoms with van der Waals surface area (Å²) in [6.07, 6.45) is 0.628. The minimum absolute atomic E-state index is 0. The van der Waals surface area contributed by atoms with Gasteiger partial charge in [-0.05, 0) is 20.3 Å². The van der Waals surface area contributed by atoms with Gasteiger partial charge in [-0.1, -0.05) is 0 Å². The highest BCUT2D eigenvalue weighted by Crippen LogP contribution is 2.27. The van der Waals surface area contributed by atoms with Crippen LogP contribution >= 0.6 is 12.4 Å². The first-order chi connectivity index (χ1) is 7.02. The maximum atomic E-state index is 10.6. The van der Waals surface area contributed by atoms with E-state index in [4.69, 9.17) is 10.5 Å². The van der Waals surface area contributed by atoms with Crippen LogP contribution in [0.3, 0.4) is 0 Å². The highest BCUT2D eigenvalue weighted by atomic mass is 35.5. The van der Waals surface area contributed by atoms with Crippen LogP contribution in [0.2, 0.25) is 0 Å². The van der Waals surface area contributed by atoms with Crippen LogP contribution in [0.5, 0.6) is 5.88 Å². The van der Waals surface area contributed by atoms with E-state index in [-0.39, 0.29) is 30.0 Å². The van der Waals surface area contributed by atoms with E-state index in [1.165, 1.54) is 0 Å². The number of aromatic amines is 1. The van der Waals surface area contributed by atoms with Gasteiger partial charge in [-0.2, -0.15) is 0 Å². The Kier molecular flexibility index (Phi) is 5.76. The van der Waals surface area contributed by atoms with Gasteiger partial charge in [0.15, 0.2) is 0 Å². The summed E-state index contributed by atoms with van der Waals surface area (Å²) in [5, 5.41) is 16.9. The molecule has 1 heterocycles. The molecule has 1 atom stereocenters. The van der Waals surface area contributed by atoms with E-state index in [0.717, 1.165) is 0 Å². The molecule has 0 saturated heterocycles. The quantitative estimate of drug-likeness (QED) is 0.602. The molecular weight excluding hydrogens is 236 g/mol. The number of nitrogens with zero attached hydrogens (tertiary/aromatic N) is 2. The van der Waals surface area contributed by atoms with Crippen LogP contribution in [0, 0.1) is 17.0 Å². The number of hydrogen-bond donors (Lipinski definition) is 2. The van der Waals surface area contributed by atoms with Gasteiger partial charge in [-0.15, -0.1) is 17.5 Å². The smallest absolute Gasteiger partial charge is 0.352 e.